The summed E-state index contributed by atoms with van der Waals surface area (Å²) in [6.45, 7) is 6.52. The van der Waals surface area contributed by atoms with E-state index in [-0.39, 0.29) is 0 Å². The average Bonchev–Trinajstić information content (AvgIpc) is 2.59. The van der Waals surface area contributed by atoms with Crippen molar-refractivity contribution in [3.05, 3.63) is 35.4 Å². The van der Waals surface area contributed by atoms with E-state index in [9.17, 15) is 0 Å². The van der Waals surface area contributed by atoms with Crippen molar-refractivity contribution in [1.29, 1.82) is 0 Å². The zero-order valence-corrected chi connectivity index (χ0v) is 13.7. The molecule has 122 valence electrons. The lowest BCUT2D eigenvalue weighted by molar-refractivity contribution is 0.0371. The fourth-order valence-corrected chi connectivity index (χ4v) is 3.64. The van der Waals surface area contributed by atoms with Gasteiger partial charge in [0.05, 0.1) is 13.2 Å². The molecule has 0 saturated carbocycles. The van der Waals surface area contributed by atoms with Crippen LogP contribution < -0.4 is 5.32 Å². The molecule has 3 rings (SSSR count). The third-order valence-electron chi connectivity index (χ3n) is 5.03. The number of unbranched alkanes of at least 4 members (excludes halogenated alkanes) is 2. The van der Waals surface area contributed by atoms with Gasteiger partial charge in [0.15, 0.2) is 0 Å². The Balaban J connectivity index is 1.25. The quantitative estimate of drug-likeness (QED) is 0.784. The topological polar surface area (TPSA) is 24.5 Å². The highest BCUT2D eigenvalue weighted by Gasteiger charge is 2.17. The highest BCUT2D eigenvalue weighted by atomic mass is 16.5. The number of fused-ring (bicyclic) bond motifs is 1. The zero-order chi connectivity index (χ0) is 15.0. The van der Waals surface area contributed by atoms with Gasteiger partial charge in [-0.25, -0.2) is 0 Å². The van der Waals surface area contributed by atoms with Crippen LogP contribution in [0.25, 0.3) is 0 Å². The Morgan fingerprint density at radius 1 is 1.05 bits per heavy atom. The molecule has 0 unspecified atom stereocenters. The predicted molar refractivity (Wildman–Crippen MR) is 91.4 cm³/mol. The third-order valence-corrected chi connectivity index (χ3v) is 5.03. The first-order valence-electron chi connectivity index (χ1n) is 9.02. The molecule has 0 amide bonds. The van der Waals surface area contributed by atoms with Crippen LogP contribution in [0.3, 0.4) is 0 Å². The third kappa shape index (κ3) is 4.80. The molecule has 1 aromatic rings. The summed E-state index contributed by atoms with van der Waals surface area (Å²) in [5, 5.41) is 3.77. The molecule has 1 saturated heterocycles. The van der Waals surface area contributed by atoms with Crippen molar-refractivity contribution in [2.45, 2.75) is 44.6 Å². The van der Waals surface area contributed by atoms with Gasteiger partial charge in [-0.15, -0.1) is 0 Å². The molecule has 1 N–H and O–H groups in total. The molecule has 1 aliphatic carbocycles. The van der Waals surface area contributed by atoms with E-state index in [0.29, 0.717) is 6.04 Å². The van der Waals surface area contributed by atoms with Gasteiger partial charge >= 0.3 is 0 Å². The van der Waals surface area contributed by atoms with Gasteiger partial charge in [-0.05, 0) is 56.3 Å². The number of hydrogen-bond acceptors (Lipinski definition) is 3. The molecule has 22 heavy (non-hydrogen) atoms. The molecule has 0 bridgehead atoms. The summed E-state index contributed by atoms with van der Waals surface area (Å²) in [5.74, 6) is 0. The largest absolute Gasteiger partial charge is 0.379 e. The fourth-order valence-electron chi connectivity index (χ4n) is 3.64. The first kappa shape index (κ1) is 16.0. The van der Waals surface area contributed by atoms with E-state index in [0.717, 1.165) is 26.3 Å². The van der Waals surface area contributed by atoms with Gasteiger partial charge in [-0.1, -0.05) is 30.7 Å². The minimum Gasteiger partial charge on any atom is -0.379 e. The lowest BCUT2D eigenvalue weighted by Crippen LogP contribution is -2.37. The zero-order valence-electron chi connectivity index (χ0n) is 13.7. The summed E-state index contributed by atoms with van der Waals surface area (Å²) in [7, 11) is 0. The Hall–Kier alpha value is -0.900. The van der Waals surface area contributed by atoms with Crippen molar-refractivity contribution < 1.29 is 4.74 Å². The minimum absolute atomic E-state index is 0.689. The summed E-state index contributed by atoms with van der Waals surface area (Å²) < 4.78 is 5.39. The Labute approximate surface area is 135 Å². The molecule has 0 aromatic heterocycles. The Morgan fingerprint density at radius 2 is 1.86 bits per heavy atom. The van der Waals surface area contributed by atoms with Gasteiger partial charge in [-0.3, -0.25) is 4.90 Å². The van der Waals surface area contributed by atoms with E-state index >= 15 is 0 Å². The van der Waals surface area contributed by atoms with Crippen LogP contribution in [0.5, 0.6) is 0 Å². The Bertz CT molecular complexity index is 443. The molecule has 1 aromatic carbocycles. The van der Waals surface area contributed by atoms with Crippen LogP contribution in [0.1, 0.15) is 36.8 Å². The lowest BCUT2D eigenvalue weighted by Gasteiger charge is -2.27. The van der Waals surface area contributed by atoms with Crippen LogP contribution in [0.4, 0.5) is 0 Å². The SMILES string of the molecule is c1ccc2c(c1)CC[C@@H](NCCCCCN1CCOCC1)C2. The fraction of sp³-hybridized carbons (Fsp3) is 0.684. The summed E-state index contributed by atoms with van der Waals surface area (Å²) in [6.07, 6.45) is 7.73. The van der Waals surface area contributed by atoms with Gasteiger partial charge in [0.25, 0.3) is 0 Å². The molecule has 3 nitrogen and oxygen atoms in total. The average molecular weight is 302 g/mol. The van der Waals surface area contributed by atoms with Crippen LogP contribution >= 0.6 is 0 Å². The summed E-state index contributed by atoms with van der Waals surface area (Å²) in [4.78, 5) is 2.54. The monoisotopic (exact) mass is 302 g/mol. The second-order valence-electron chi connectivity index (χ2n) is 6.68. The van der Waals surface area contributed by atoms with E-state index < -0.39 is 0 Å². The standard InChI is InChI=1S/C19H30N2O/c1(5-11-21-12-14-22-15-13-21)4-10-20-19-9-8-17-6-2-3-7-18(17)16-19/h2-3,6-7,19-20H,1,4-5,8-16H2/t19-/m1/s1. The van der Waals surface area contributed by atoms with Crippen LogP contribution in [0.2, 0.25) is 0 Å². The molecular formula is C19H30N2O. The van der Waals surface area contributed by atoms with Crippen LogP contribution in [-0.2, 0) is 17.6 Å². The smallest absolute Gasteiger partial charge is 0.0594 e. The molecule has 0 spiro atoms. The number of morpholine rings is 1. The van der Waals surface area contributed by atoms with Crippen LogP contribution in [0, 0.1) is 0 Å². The van der Waals surface area contributed by atoms with Gasteiger partial charge < -0.3 is 10.1 Å². The summed E-state index contributed by atoms with van der Waals surface area (Å²) in [5.41, 5.74) is 3.12. The number of hydrogen-bond donors (Lipinski definition) is 1. The maximum atomic E-state index is 5.39. The van der Waals surface area contributed by atoms with Crippen LogP contribution in [-0.4, -0.2) is 50.3 Å². The molecule has 1 atom stereocenters. The maximum Gasteiger partial charge on any atom is 0.0594 e. The highest BCUT2D eigenvalue weighted by Crippen LogP contribution is 2.20. The van der Waals surface area contributed by atoms with E-state index in [1.165, 1.54) is 51.6 Å². The van der Waals surface area contributed by atoms with E-state index in [2.05, 4.69) is 34.5 Å². The number of nitrogens with one attached hydrogen (secondary N) is 1. The molecule has 3 heteroatoms. The predicted octanol–water partition coefficient (Wildman–Crippen LogP) is 2.64. The first-order chi connectivity index (χ1) is 10.9. The van der Waals surface area contributed by atoms with Crippen molar-refractivity contribution in [2.75, 3.05) is 39.4 Å². The van der Waals surface area contributed by atoms with Crippen molar-refractivity contribution in [2.24, 2.45) is 0 Å². The van der Waals surface area contributed by atoms with Crippen LogP contribution in [0.15, 0.2) is 24.3 Å². The number of nitrogens with zero attached hydrogens (tertiary/aromatic N) is 1. The van der Waals surface area contributed by atoms with Gasteiger partial charge in [-0.2, -0.15) is 0 Å². The molecule has 0 radical (unpaired) electrons. The summed E-state index contributed by atoms with van der Waals surface area (Å²) >= 11 is 0. The van der Waals surface area contributed by atoms with Crippen molar-refractivity contribution in [1.82, 2.24) is 10.2 Å². The maximum absolute atomic E-state index is 5.39. The number of rotatable bonds is 7. The van der Waals surface area contributed by atoms with Crippen molar-refractivity contribution >= 4 is 0 Å². The van der Waals surface area contributed by atoms with E-state index in [4.69, 9.17) is 4.74 Å². The Morgan fingerprint density at radius 3 is 2.73 bits per heavy atom. The molecule has 2 aliphatic rings. The first-order valence-corrected chi connectivity index (χ1v) is 9.02. The van der Waals surface area contributed by atoms with Gasteiger partial charge in [0.2, 0.25) is 0 Å². The van der Waals surface area contributed by atoms with Gasteiger partial charge in [0, 0.05) is 19.1 Å². The normalized spacial score (nSPS) is 22.5. The number of ether oxygens (including phenoxy) is 1. The second-order valence-corrected chi connectivity index (χ2v) is 6.68. The van der Waals surface area contributed by atoms with Gasteiger partial charge in [0.1, 0.15) is 0 Å². The number of benzene rings is 1. The Kier molecular flexibility index (Phi) is 6.29. The highest BCUT2D eigenvalue weighted by molar-refractivity contribution is 5.30. The molecule has 1 aliphatic heterocycles. The van der Waals surface area contributed by atoms with Crippen molar-refractivity contribution in [3.63, 3.8) is 0 Å². The second kappa shape index (κ2) is 8.66. The molecule has 1 fully saturated rings. The van der Waals surface area contributed by atoms with E-state index in [1.54, 1.807) is 11.1 Å². The van der Waals surface area contributed by atoms with E-state index in [1.807, 2.05) is 0 Å². The van der Waals surface area contributed by atoms with Crippen molar-refractivity contribution in [3.8, 4) is 0 Å². The lowest BCUT2D eigenvalue weighted by atomic mass is 9.88. The molecular weight excluding hydrogens is 272 g/mol. The molecule has 1 heterocycles. The number of aryl methyl sites for hydroxylation is 1. The summed E-state index contributed by atoms with van der Waals surface area (Å²) in [6, 6.07) is 9.62. The minimum atomic E-state index is 0.689.